The molecule has 32 heavy (non-hydrogen) atoms. The molecule has 3 rings (SSSR count). The first-order valence-electron chi connectivity index (χ1n) is 10.9. The highest BCUT2D eigenvalue weighted by Gasteiger charge is 2.29. The van der Waals surface area contributed by atoms with Gasteiger partial charge in [-0.15, -0.1) is 0 Å². The van der Waals surface area contributed by atoms with Gasteiger partial charge in [0.25, 0.3) is 0 Å². The van der Waals surface area contributed by atoms with Gasteiger partial charge < -0.3 is 20.5 Å². The van der Waals surface area contributed by atoms with Crippen molar-refractivity contribution >= 4 is 17.6 Å². The molecule has 2 aromatic rings. The number of nitrogens with one attached hydrogen (secondary N) is 2. The number of alkyl halides is 1. The Bertz CT molecular complexity index is 864. The van der Waals surface area contributed by atoms with Crippen LogP contribution in [0.5, 0.6) is 5.75 Å². The number of carbonyl (C=O) groups excluding carboxylic acids is 1. The van der Waals surface area contributed by atoms with E-state index in [1.54, 1.807) is 36.4 Å². The number of halogens is 2. The minimum Gasteiger partial charge on any atom is -0.491 e. The number of rotatable bonds is 9. The van der Waals surface area contributed by atoms with Crippen molar-refractivity contribution < 1.29 is 19.0 Å². The Morgan fingerprint density at radius 3 is 2.50 bits per heavy atom. The molecule has 1 saturated heterocycles. The Labute approximate surface area is 193 Å². The van der Waals surface area contributed by atoms with Crippen LogP contribution in [0.25, 0.3) is 0 Å². The van der Waals surface area contributed by atoms with Crippen molar-refractivity contribution in [2.45, 2.75) is 51.2 Å². The lowest BCUT2D eigenvalue weighted by atomic mass is 10.0. The van der Waals surface area contributed by atoms with Crippen LogP contribution in [0.3, 0.4) is 0 Å². The van der Waals surface area contributed by atoms with Gasteiger partial charge in [-0.3, -0.25) is 4.90 Å². The molecule has 2 aromatic carbocycles. The molecule has 0 aliphatic carbocycles. The van der Waals surface area contributed by atoms with E-state index in [4.69, 9.17) is 16.3 Å². The molecule has 0 bridgehead atoms. The second-order valence-corrected chi connectivity index (χ2v) is 8.82. The first-order chi connectivity index (χ1) is 15.3. The summed E-state index contributed by atoms with van der Waals surface area (Å²) in [5.41, 5.74) is 1.56. The predicted molar refractivity (Wildman–Crippen MR) is 124 cm³/mol. The van der Waals surface area contributed by atoms with Gasteiger partial charge in [-0.2, -0.15) is 0 Å². The summed E-state index contributed by atoms with van der Waals surface area (Å²) in [6.07, 6.45) is -1.32. The van der Waals surface area contributed by atoms with Gasteiger partial charge in [0.2, 0.25) is 0 Å². The SMILES string of the molecule is CC(C)Oc1ccc([C@@H](O)[C@@H](CN2CCC(F)C2)NC(=O)NCc2ccc(Cl)cc2)cc1. The quantitative estimate of drug-likeness (QED) is 0.524. The maximum absolute atomic E-state index is 13.7. The van der Waals surface area contributed by atoms with E-state index in [0.29, 0.717) is 48.9 Å². The highest BCUT2D eigenvalue weighted by atomic mass is 35.5. The number of hydrogen-bond donors (Lipinski definition) is 3. The second kappa shape index (κ2) is 11.5. The maximum atomic E-state index is 13.7. The number of nitrogens with zero attached hydrogens (tertiary/aromatic N) is 1. The number of likely N-dealkylation sites (tertiary alicyclic amines) is 1. The summed E-state index contributed by atoms with van der Waals surface area (Å²) in [5, 5.41) is 17.3. The zero-order valence-corrected chi connectivity index (χ0v) is 19.2. The lowest BCUT2D eigenvalue weighted by molar-refractivity contribution is 0.108. The monoisotopic (exact) mass is 463 g/mol. The molecule has 1 unspecified atom stereocenters. The third-order valence-corrected chi connectivity index (χ3v) is 5.58. The van der Waals surface area contributed by atoms with Crippen LogP contribution in [-0.2, 0) is 6.54 Å². The van der Waals surface area contributed by atoms with E-state index in [1.807, 2.05) is 30.9 Å². The van der Waals surface area contributed by atoms with E-state index < -0.39 is 24.3 Å². The van der Waals surface area contributed by atoms with Crippen LogP contribution in [0.15, 0.2) is 48.5 Å². The average Bonchev–Trinajstić information content (AvgIpc) is 3.17. The molecule has 8 heteroatoms. The molecule has 1 aliphatic heterocycles. The zero-order valence-electron chi connectivity index (χ0n) is 18.4. The number of benzene rings is 2. The van der Waals surface area contributed by atoms with Crippen molar-refractivity contribution in [1.29, 1.82) is 0 Å². The van der Waals surface area contributed by atoms with Gasteiger partial charge in [-0.05, 0) is 55.7 Å². The predicted octanol–water partition coefficient (Wildman–Crippen LogP) is 4.07. The fourth-order valence-electron chi connectivity index (χ4n) is 3.71. The van der Waals surface area contributed by atoms with Crippen LogP contribution in [-0.4, -0.2) is 54.0 Å². The Kier molecular flexibility index (Phi) is 8.73. The second-order valence-electron chi connectivity index (χ2n) is 8.39. The third kappa shape index (κ3) is 7.36. The number of hydrogen-bond acceptors (Lipinski definition) is 4. The standard InChI is InChI=1S/C24H31ClFN3O3/c1-16(2)32-21-9-5-18(6-10-21)23(30)22(15-29-12-11-20(26)14-29)28-24(31)27-13-17-3-7-19(25)8-4-17/h3-10,16,20,22-23,30H,11-15H2,1-2H3,(H2,27,28,31)/t20?,22-,23-/m1/s1. The van der Waals surface area contributed by atoms with Crippen LogP contribution in [0.1, 0.15) is 37.5 Å². The summed E-state index contributed by atoms with van der Waals surface area (Å²) in [6.45, 7) is 5.46. The summed E-state index contributed by atoms with van der Waals surface area (Å²) in [7, 11) is 0. The van der Waals surface area contributed by atoms with Crippen LogP contribution in [0.4, 0.5) is 9.18 Å². The molecule has 0 saturated carbocycles. The lowest BCUT2D eigenvalue weighted by Crippen LogP contribution is -2.50. The average molecular weight is 464 g/mol. The zero-order chi connectivity index (χ0) is 23.1. The number of ether oxygens (including phenoxy) is 1. The molecule has 1 aliphatic rings. The Morgan fingerprint density at radius 1 is 1.22 bits per heavy atom. The fraction of sp³-hybridized carbons (Fsp3) is 0.458. The third-order valence-electron chi connectivity index (χ3n) is 5.33. The number of carbonyl (C=O) groups is 1. The molecule has 2 amide bonds. The Balaban J connectivity index is 1.65. The van der Waals surface area contributed by atoms with Gasteiger partial charge in [0.1, 0.15) is 18.0 Å². The Hall–Kier alpha value is -2.35. The number of amides is 2. The van der Waals surface area contributed by atoms with Crippen LogP contribution in [0, 0.1) is 0 Å². The summed E-state index contributed by atoms with van der Waals surface area (Å²) >= 11 is 5.90. The molecule has 1 heterocycles. The maximum Gasteiger partial charge on any atom is 0.315 e. The first kappa shape index (κ1) is 24.3. The summed E-state index contributed by atoms with van der Waals surface area (Å²) in [4.78, 5) is 14.5. The highest BCUT2D eigenvalue weighted by Crippen LogP contribution is 2.23. The smallest absolute Gasteiger partial charge is 0.315 e. The van der Waals surface area contributed by atoms with Gasteiger partial charge in [0, 0.05) is 31.2 Å². The van der Waals surface area contributed by atoms with E-state index >= 15 is 0 Å². The van der Waals surface area contributed by atoms with E-state index in [2.05, 4.69) is 10.6 Å². The summed E-state index contributed by atoms with van der Waals surface area (Å²) < 4.78 is 19.3. The van der Waals surface area contributed by atoms with E-state index in [1.165, 1.54) is 0 Å². The van der Waals surface area contributed by atoms with Gasteiger partial charge in [-0.1, -0.05) is 35.9 Å². The van der Waals surface area contributed by atoms with Gasteiger partial charge in [0.15, 0.2) is 0 Å². The number of aliphatic hydroxyl groups excluding tert-OH is 1. The van der Waals surface area contributed by atoms with Gasteiger partial charge in [-0.25, -0.2) is 9.18 Å². The van der Waals surface area contributed by atoms with Gasteiger partial charge in [0.05, 0.1) is 12.1 Å². The summed E-state index contributed by atoms with van der Waals surface area (Å²) in [6, 6.07) is 13.3. The van der Waals surface area contributed by atoms with Crippen molar-refractivity contribution in [3.05, 3.63) is 64.7 Å². The van der Waals surface area contributed by atoms with E-state index in [9.17, 15) is 14.3 Å². The van der Waals surface area contributed by atoms with Crippen molar-refractivity contribution in [3.8, 4) is 5.75 Å². The molecule has 0 spiro atoms. The van der Waals surface area contributed by atoms with Crippen LogP contribution in [0.2, 0.25) is 5.02 Å². The minimum absolute atomic E-state index is 0.0494. The highest BCUT2D eigenvalue weighted by molar-refractivity contribution is 6.30. The molecule has 6 nitrogen and oxygen atoms in total. The molecular formula is C24H31ClFN3O3. The van der Waals surface area contributed by atoms with E-state index in [-0.39, 0.29) is 6.10 Å². The van der Waals surface area contributed by atoms with Crippen LogP contribution >= 0.6 is 11.6 Å². The van der Waals surface area contributed by atoms with E-state index in [0.717, 1.165) is 5.56 Å². The minimum atomic E-state index is -0.956. The van der Waals surface area contributed by atoms with Gasteiger partial charge >= 0.3 is 6.03 Å². The molecule has 1 fully saturated rings. The van der Waals surface area contributed by atoms with Crippen molar-refractivity contribution in [2.24, 2.45) is 0 Å². The molecular weight excluding hydrogens is 433 g/mol. The number of aliphatic hydroxyl groups is 1. The molecule has 3 atom stereocenters. The topological polar surface area (TPSA) is 73.8 Å². The number of urea groups is 1. The van der Waals surface area contributed by atoms with Crippen LogP contribution < -0.4 is 15.4 Å². The molecule has 174 valence electrons. The Morgan fingerprint density at radius 2 is 1.91 bits per heavy atom. The lowest BCUT2D eigenvalue weighted by Gasteiger charge is -2.29. The fourth-order valence-corrected chi connectivity index (χ4v) is 3.83. The normalized spacial score (nSPS) is 18.4. The first-order valence-corrected chi connectivity index (χ1v) is 11.3. The largest absolute Gasteiger partial charge is 0.491 e. The van der Waals surface area contributed by atoms with Crippen molar-refractivity contribution in [3.63, 3.8) is 0 Å². The molecule has 3 N–H and O–H groups in total. The molecule has 0 radical (unpaired) electrons. The summed E-state index contributed by atoms with van der Waals surface area (Å²) in [5.74, 6) is 0.709. The van der Waals surface area contributed by atoms with Crippen molar-refractivity contribution in [2.75, 3.05) is 19.6 Å². The molecule has 0 aromatic heterocycles. The van der Waals surface area contributed by atoms with Crippen molar-refractivity contribution in [1.82, 2.24) is 15.5 Å².